The summed E-state index contributed by atoms with van der Waals surface area (Å²) < 4.78 is 0. The van der Waals surface area contributed by atoms with Crippen LogP contribution in [0.4, 0.5) is 5.69 Å². The van der Waals surface area contributed by atoms with Gasteiger partial charge in [0.1, 0.15) is 0 Å². The number of anilines is 1. The highest BCUT2D eigenvalue weighted by Crippen LogP contribution is 2.35. The van der Waals surface area contributed by atoms with Crippen molar-refractivity contribution in [3.05, 3.63) is 35.0 Å². The molecule has 0 aliphatic heterocycles. The molecule has 0 atom stereocenters. The second kappa shape index (κ2) is 4.19. The van der Waals surface area contributed by atoms with E-state index in [4.69, 9.17) is 11.6 Å². The Bertz CT molecular complexity index is 561. The van der Waals surface area contributed by atoms with Crippen LogP contribution in [0.1, 0.15) is 18.4 Å². The molecule has 1 saturated carbocycles. The van der Waals surface area contributed by atoms with E-state index in [1.54, 1.807) is 0 Å². The number of rotatable bonds is 3. The van der Waals surface area contributed by atoms with Gasteiger partial charge >= 0.3 is 0 Å². The molecule has 1 heterocycles. The van der Waals surface area contributed by atoms with E-state index in [0.29, 0.717) is 0 Å². The Morgan fingerprint density at radius 3 is 3.06 bits per heavy atom. The molecule has 1 N–H and O–H groups in total. The summed E-state index contributed by atoms with van der Waals surface area (Å²) in [6.45, 7) is 3.07. The SMILES string of the molecule is Cc1cc(Cl)c(NCC2CC2)c2cccnc12. The van der Waals surface area contributed by atoms with Crippen LogP contribution in [-0.2, 0) is 0 Å². The standard InChI is InChI=1S/C14H15ClN2/c1-9-7-12(15)14(17-8-10-4-5-10)11-3-2-6-16-13(9)11/h2-3,6-7,10,17H,4-5,8H2,1H3. The minimum Gasteiger partial charge on any atom is -0.383 e. The zero-order chi connectivity index (χ0) is 11.8. The predicted molar refractivity (Wildman–Crippen MR) is 72.7 cm³/mol. The van der Waals surface area contributed by atoms with Gasteiger partial charge in [-0.2, -0.15) is 0 Å². The Hall–Kier alpha value is -1.28. The fourth-order valence-electron chi connectivity index (χ4n) is 2.13. The summed E-state index contributed by atoms with van der Waals surface area (Å²) in [6, 6.07) is 6.03. The minimum absolute atomic E-state index is 0.795. The third kappa shape index (κ3) is 2.09. The molecule has 0 radical (unpaired) electrons. The first kappa shape index (κ1) is 10.8. The number of aromatic nitrogens is 1. The van der Waals surface area contributed by atoms with Crippen molar-refractivity contribution in [1.29, 1.82) is 0 Å². The van der Waals surface area contributed by atoms with E-state index in [1.165, 1.54) is 12.8 Å². The first-order valence-corrected chi connectivity index (χ1v) is 6.41. The first-order chi connectivity index (χ1) is 8.25. The van der Waals surface area contributed by atoms with E-state index in [9.17, 15) is 0 Å². The van der Waals surface area contributed by atoms with E-state index >= 15 is 0 Å². The summed E-state index contributed by atoms with van der Waals surface area (Å²) in [4.78, 5) is 4.43. The number of nitrogens with zero attached hydrogens (tertiary/aromatic N) is 1. The molecule has 0 unspecified atom stereocenters. The van der Waals surface area contributed by atoms with Crippen molar-refractivity contribution in [2.75, 3.05) is 11.9 Å². The fourth-order valence-corrected chi connectivity index (χ4v) is 2.46. The van der Waals surface area contributed by atoms with Gasteiger partial charge in [-0.3, -0.25) is 4.98 Å². The Morgan fingerprint density at radius 1 is 1.47 bits per heavy atom. The molecule has 1 fully saturated rings. The Morgan fingerprint density at radius 2 is 2.29 bits per heavy atom. The van der Waals surface area contributed by atoms with E-state index in [-0.39, 0.29) is 0 Å². The van der Waals surface area contributed by atoms with Gasteiger partial charge < -0.3 is 5.32 Å². The van der Waals surface area contributed by atoms with Crippen LogP contribution < -0.4 is 5.32 Å². The van der Waals surface area contributed by atoms with Crippen LogP contribution in [0.3, 0.4) is 0 Å². The lowest BCUT2D eigenvalue weighted by Gasteiger charge is -2.12. The molecule has 1 aliphatic rings. The van der Waals surface area contributed by atoms with Gasteiger partial charge in [0.2, 0.25) is 0 Å². The van der Waals surface area contributed by atoms with Crippen LogP contribution in [0.25, 0.3) is 10.9 Å². The van der Waals surface area contributed by atoms with Crippen molar-refractivity contribution in [2.24, 2.45) is 5.92 Å². The smallest absolute Gasteiger partial charge is 0.0752 e. The van der Waals surface area contributed by atoms with E-state index in [2.05, 4.69) is 16.4 Å². The molecule has 0 bridgehead atoms. The monoisotopic (exact) mass is 246 g/mol. The van der Waals surface area contributed by atoms with Crippen molar-refractivity contribution < 1.29 is 0 Å². The van der Waals surface area contributed by atoms with Crippen LogP contribution in [0.15, 0.2) is 24.4 Å². The minimum atomic E-state index is 0.795. The topological polar surface area (TPSA) is 24.9 Å². The van der Waals surface area contributed by atoms with Gasteiger partial charge in [-0.15, -0.1) is 0 Å². The lowest BCUT2D eigenvalue weighted by molar-refractivity contribution is 0.890. The molecule has 0 saturated heterocycles. The molecule has 17 heavy (non-hydrogen) atoms. The summed E-state index contributed by atoms with van der Waals surface area (Å²) >= 11 is 6.32. The van der Waals surface area contributed by atoms with Gasteiger partial charge in [0.25, 0.3) is 0 Å². The number of pyridine rings is 1. The summed E-state index contributed by atoms with van der Waals surface area (Å²) in [5, 5.41) is 5.39. The van der Waals surface area contributed by atoms with Crippen LogP contribution in [-0.4, -0.2) is 11.5 Å². The molecule has 2 aromatic rings. The normalized spacial score (nSPS) is 15.2. The van der Waals surface area contributed by atoms with Crippen LogP contribution in [0, 0.1) is 12.8 Å². The maximum atomic E-state index is 6.32. The van der Waals surface area contributed by atoms with Crippen molar-refractivity contribution in [3.63, 3.8) is 0 Å². The molecule has 1 aliphatic carbocycles. The maximum Gasteiger partial charge on any atom is 0.0752 e. The molecule has 0 spiro atoms. The number of halogens is 1. The van der Waals surface area contributed by atoms with Crippen LogP contribution in [0.5, 0.6) is 0 Å². The molecular weight excluding hydrogens is 232 g/mol. The quantitative estimate of drug-likeness (QED) is 0.885. The maximum absolute atomic E-state index is 6.32. The molecule has 88 valence electrons. The largest absolute Gasteiger partial charge is 0.383 e. The number of aryl methyl sites for hydroxylation is 1. The van der Waals surface area contributed by atoms with Crippen molar-refractivity contribution in [2.45, 2.75) is 19.8 Å². The third-order valence-corrected chi connectivity index (χ3v) is 3.60. The number of nitrogens with one attached hydrogen (secondary N) is 1. The molecular formula is C14H15ClN2. The zero-order valence-electron chi connectivity index (χ0n) is 9.83. The summed E-state index contributed by atoms with van der Waals surface area (Å²) in [5.41, 5.74) is 3.20. The highest BCUT2D eigenvalue weighted by Gasteiger charge is 2.21. The van der Waals surface area contributed by atoms with E-state index in [1.807, 2.05) is 25.3 Å². The van der Waals surface area contributed by atoms with Gasteiger partial charge in [0.15, 0.2) is 0 Å². The number of fused-ring (bicyclic) bond motifs is 1. The molecule has 2 nitrogen and oxygen atoms in total. The fraction of sp³-hybridized carbons (Fsp3) is 0.357. The van der Waals surface area contributed by atoms with E-state index < -0.39 is 0 Å². The number of benzene rings is 1. The molecule has 3 rings (SSSR count). The van der Waals surface area contributed by atoms with Gasteiger partial charge in [0, 0.05) is 18.1 Å². The molecule has 1 aromatic heterocycles. The molecule has 3 heteroatoms. The summed E-state index contributed by atoms with van der Waals surface area (Å²) in [5.74, 6) is 0.832. The van der Waals surface area contributed by atoms with Gasteiger partial charge in [-0.1, -0.05) is 11.6 Å². The van der Waals surface area contributed by atoms with Crippen LogP contribution in [0.2, 0.25) is 5.02 Å². The average Bonchev–Trinajstić information content (AvgIpc) is 3.13. The predicted octanol–water partition coefficient (Wildman–Crippen LogP) is 4.02. The highest BCUT2D eigenvalue weighted by molar-refractivity contribution is 6.35. The Labute approximate surface area is 106 Å². The van der Waals surface area contributed by atoms with Gasteiger partial charge in [-0.05, 0) is 49.4 Å². The highest BCUT2D eigenvalue weighted by atomic mass is 35.5. The van der Waals surface area contributed by atoms with Crippen molar-refractivity contribution in [3.8, 4) is 0 Å². The average molecular weight is 247 g/mol. The van der Waals surface area contributed by atoms with Crippen molar-refractivity contribution in [1.82, 2.24) is 4.98 Å². The third-order valence-electron chi connectivity index (χ3n) is 3.30. The number of hydrogen-bond donors (Lipinski definition) is 1. The Balaban J connectivity index is 2.07. The second-order valence-corrected chi connectivity index (χ2v) is 5.18. The van der Waals surface area contributed by atoms with Gasteiger partial charge in [0.05, 0.1) is 16.2 Å². The van der Waals surface area contributed by atoms with Crippen molar-refractivity contribution >= 4 is 28.2 Å². The summed E-state index contributed by atoms with van der Waals surface area (Å²) in [7, 11) is 0. The lowest BCUT2D eigenvalue weighted by Crippen LogP contribution is -2.04. The Kier molecular flexibility index (Phi) is 2.67. The zero-order valence-corrected chi connectivity index (χ0v) is 10.6. The lowest BCUT2D eigenvalue weighted by atomic mass is 10.1. The molecule has 0 amide bonds. The first-order valence-electron chi connectivity index (χ1n) is 6.03. The van der Waals surface area contributed by atoms with E-state index in [0.717, 1.165) is 39.6 Å². The van der Waals surface area contributed by atoms with Gasteiger partial charge in [-0.25, -0.2) is 0 Å². The summed E-state index contributed by atoms with van der Waals surface area (Å²) in [6.07, 6.45) is 4.51. The number of hydrogen-bond acceptors (Lipinski definition) is 2. The molecule has 1 aromatic carbocycles. The van der Waals surface area contributed by atoms with Crippen LogP contribution >= 0.6 is 11.6 Å². The second-order valence-electron chi connectivity index (χ2n) is 4.77.